The van der Waals surface area contributed by atoms with E-state index in [2.05, 4.69) is 25.8 Å². The third kappa shape index (κ3) is 5.23. The number of methoxy groups -OCH3 is 1. The normalized spacial score (nSPS) is 17.6. The Balaban J connectivity index is 1.38. The molecule has 4 heterocycles. The third-order valence-corrected chi connectivity index (χ3v) is 7.79. The van der Waals surface area contributed by atoms with Crippen molar-refractivity contribution in [2.45, 2.75) is 50.9 Å². The van der Waals surface area contributed by atoms with Gasteiger partial charge < -0.3 is 14.2 Å². The van der Waals surface area contributed by atoms with E-state index in [1.54, 1.807) is 30.3 Å². The molecule has 1 saturated heterocycles. The first kappa shape index (κ1) is 25.4. The fraction of sp³-hybridized carbons (Fsp3) is 0.367. The summed E-state index contributed by atoms with van der Waals surface area (Å²) < 4.78 is 36.2. The molecule has 1 aromatic carbocycles. The number of halogens is 2. The number of benzene rings is 1. The van der Waals surface area contributed by atoms with Gasteiger partial charge in [-0.05, 0) is 61.6 Å². The number of anilines is 1. The smallest absolute Gasteiger partial charge is 0.213 e. The van der Waals surface area contributed by atoms with Crippen molar-refractivity contribution in [3.05, 3.63) is 94.2 Å². The molecule has 0 amide bonds. The van der Waals surface area contributed by atoms with Crippen LogP contribution >= 0.6 is 0 Å². The van der Waals surface area contributed by atoms with Crippen molar-refractivity contribution in [3.8, 4) is 5.88 Å². The van der Waals surface area contributed by atoms with Crippen LogP contribution in [-0.4, -0.2) is 45.7 Å². The molecule has 2 aliphatic rings. The van der Waals surface area contributed by atoms with Gasteiger partial charge in [0.25, 0.3) is 0 Å². The minimum atomic E-state index is -0.955. The molecule has 4 aromatic rings. The summed E-state index contributed by atoms with van der Waals surface area (Å²) >= 11 is 0. The number of hydrogen-bond donors (Lipinski definition) is 0. The van der Waals surface area contributed by atoms with Crippen molar-refractivity contribution in [3.63, 3.8) is 0 Å². The molecule has 2 fully saturated rings. The Morgan fingerprint density at radius 1 is 1.10 bits per heavy atom. The first-order valence-corrected chi connectivity index (χ1v) is 13.4. The maximum Gasteiger partial charge on any atom is 0.213 e. The fourth-order valence-electron chi connectivity index (χ4n) is 5.65. The topological polar surface area (TPSA) is 63.5 Å². The Labute approximate surface area is 225 Å². The van der Waals surface area contributed by atoms with E-state index in [0.717, 1.165) is 56.1 Å². The predicted molar refractivity (Wildman–Crippen MR) is 146 cm³/mol. The van der Waals surface area contributed by atoms with Crippen molar-refractivity contribution >= 4 is 16.6 Å². The van der Waals surface area contributed by atoms with E-state index >= 15 is 0 Å². The van der Waals surface area contributed by atoms with E-state index in [9.17, 15) is 13.6 Å². The van der Waals surface area contributed by atoms with E-state index in [-0.39, 0.29) is 28.4 Å². The van der Waals surface area contributed by atoms with Gasteiger partial charge in [0.1, 0.15) is 0 Å². The second kappa shape index (κ2) is 10.7. The lowest BCUT2D eigenvalue weighted by atomic mass is 10.0. The molecule has 39 heavy (non-hydrogen) atoms. The zero-order chi connectivity index (χ0) is 26.9. The zero-order valence-corrected chi connectivity index (χ0v) is 21.9. The predicted octanol–water partition coefficient (Wildman–Crippen LogP) is 5.08. The van der Waals surface area contributed by atoms with Gasteiger partial charge in [-0.25, -0.2) is 13.8 Å². The molecule has 3 aromatic heterocycles. The van der Waals surface area contributed by atoms with Crippen molar-refractivity contribution < 1.29 is 13.5 Å². The number of hydrogen-bond acceptors (Lipinski definition) is 6. The summed E-state index contributed by atoms with van der Waals surface area (Å²) in [6.45, 7) is 2.70. The number of piperidine rings is 1. The number of rotatable bonds is 8. The van der Waals surface area contributed by atoms with Gasteiger partial charge in [0.15, 0.2) is 17.1 Å². The van der Waals surface area contributed by atoms with Crippen LogP contribution in [0, 0.1) is 11.6 Å². The van der Waals surface area contributed by atoms with Gasteiger partial charge in [-0.15, -0.1) is 0 Å². The van der Waals surface area contributed by atoms with Crippen LogP contribution in [0.4, 0.5) is 14.5 Å². The Morgan fingerprint density at radius 3 is 2.74 bits per heavy atom. The lowest BCUT2D eigenvalue weighted by Gasteiger charge is -2.40. The summed E-state index contributed by atoms with van der Waals surface area (Å²) in [5, 5.41) is 0.226. The number of nitrogens with zero attached hydrogens (tertiary/aromatic N) is 5. The van der Waals surface area contributed by atoms with Crippen LogP contribution in [0.1, 0.15) is 42.9 Å². The molecule has 1 saturated carbocycles. The van der Waals surface area contributed by atoms with Crippen molar-refractivity contribution in [2.75, 3.05) is 25.1 Å². The summed E-state index contributed by atoms with van der Waals surface area (Å²) in [5.74, 6) is -1.36. The molecule has 0 N–H and O–H groups in total. The van der Waals surface area contributed by atoms with Gasteiger partial charge in [0.2, 0.25) is 5.88 Å². The van der Waals surface area contributed by atoms with Crippen LogP contribution in [0.25, 0.3) is 10.9 Å². The first-order valence-electron chi connectivity index (χ1n) is 13.4. The lowest BCUT2D eigenvalue weighted by molar-refractivity contribution is 0.158. The highest BCUT2D eigenvalue weighted by molar-refractivity contribution is 5.80. The molecular formula is C30H31F2N5O2. The average molecular weight is 532 g/mol. The molecule has 1 aliphatic heterocycles. The van der Waals surface area contributed by atoms with E-state index in [1.165, 1.54) is 6.07 Å². The average Bonchev–Trinajstić information content (AvgIpc) is 3.82. The minimum Gasteiger partial charge on any atom is -0.481 e. The van der Waals surface area contributed by atoms with Crippen molar-refractivity contribution in [2.24, 2.45) is 0 Å². The highest BCUT2D eigenvalue weighted by Gasteiger charge is 2.30. The van der Waals surface area contributed by atoms with Gasteiger partial charge >= 0.3 is 0 Å². The molecule has 202 valence electrons. The quantitative estimate of drug-likeness (QED) is 0.316. The van der Waals surface area contributed by atoms with E-state index in [0.29, 0.717) is 24.5 Å². The Kier molecular flexibility index (Phi) is 6.99. The summed E-state index contributed by atoms with van der Waals surface area (Å²) in [7, 11) is 1.59. The molecule has 6 rings (SSSR count). The summed E-state index contributed by atoms with van der Waals surface area (Å²) in [4.78, 5) is 26.9. The molecule has 0 bridgehead atoms. The first-order chi connectivity index (χ1) is 19.0. The molecule has 1 aliphatic carbocycles. The number of pyridine rings is 3. The number of ether oxygens (including phenoxy) is 1. The number of fused-ring (bicyclic) bond motifs is 1. The van der Waals surface area contributed by atoms with Gasteiger partial charge in [0, 0.05) is 73.9 Å². The van der Waals surface area contributed by atoms with E-state index in [1.807, 2.05) is 24.4 Å². The molecule has 0 unspecified atom stereocenters. The summed E-state index contributed by atoms with van der Waals surface area (Å²) in [6, 6.07) is 10.6. The lowest BCUT2D eigenvalue weighted by Crippen LogP contribution is -2.48. The van der Waals surface area contributed by atoms with Crippen LogP contribution < -0.4 is 15.1 Å². The van der Waals surface area contributed by atoms with E-state index < -0.39 is 11.6 Å². The molecule has 9 heteroatoms. The second-order valence-corrected chi connectivity index (χ2v) is 10.4. The summed E-state index contributed by atoms with van der Waals surface area (Å²) in [6.07, 6.45) is 10.9. The van der Waals surface area contributed by atoms with Crippen molar-refractivity contribution in [1.29, 1.82) is 0 Å². The minimum absolute atomic E-state index is 0.0667. The maximum atomic E-state index is 14.9. The Morgan fingerprint density at radius 2 is 1.97 bits per heavy atom. The molecule has 0 radical (unpaired) electrons. The molecule has 0 spiro atoms. The third-order valence-electron chi connectivity index (χ3n) is 7.79. The summed E-state index contributed by atoms with van der Waals surface area (Å²) in [5.41, 5.74) is 2.50. The Hall–Kier alpha value is -3.85. The fourth-order valence-corrected chi connectivity index (χ4v) is 5.65. The largest absolute Gasteiger partial charge is 0.481 e. The van der Waals surface area contributed by atoms with Gasteiger partial charge in [-0.3, -0.25) is 14.7 Å². The highest BCUT2D eigenvalue weighted by atomic mass is 19.2. The van der Waals surface area contributed by atoms with Crippen LogP contribution in [0.15, 0.2) is 66.0 Å². The number of aromatic nitrogens is 3. The molecule has 1 atom stereocenters. The van der Waals surface area contributed by atoms with E-state index in [4.69, 9.17) is 4.74 Å². The van der Waals surface area contributed by atoms with Crippen LogP contribution in [-0.2, 0) is 13.1 Å². The van der Waals surface area contributed by atoms with Crippen LogP contribution in [0.2, 0.25) is 0 Å². The molecular weight excluding hydrogens is 500 g/mol. The van der Waals surface area contributed by atoms with Gasteiger partial charge in [-0.1, -0.05) is 0 Å². The Bertz CT molecular complexity index is 1540. The standard InChI is InChI=1S/C30H31F2N5O2/c1-39-27-14-20(10-12-34-27)16-36(24-5-3-13-35(19-24)23-4-2-11-33-15-23)17-21-18-37(22-6-7-22)29-25(30(21)38)8-9-26(31)28(29)32/h2,4,8-12,14-15,18,22,24H,3,5-7,13,16-17,19H2,1H3/t24-/m0/s1. The SMILES string of the molecule is COc1cc(CN(Cc2cn(C3CC3)c3c(F)c(F)ccc3c2=O)[C@H]2CCCN(c3cccnc3)C2)ccn1. The second-order valence-electron chi connectivity index (χ2n) is 10.4. The van der Waals surface area contributed by atoms with Crippen molar-refractivity contribution in [1.82, 2.24) is 19.4 Å². The zero-order valence-electron chi connectivity index (χ0n) is 21.9. The van der Waals surface area contributed by atoms with Crippen LogP contribution in [0.3, 0.4) is 0 Å². The van der Waals surface area contributed by atoms with Gasteiger partial charge in [0.05, 0.1) is 24.5 Å². The highest BCUT2D eigenvalue weighted by Crippen LogP contribution is 2.38. The van der Waals surface area contributed by atoms with Gasteiger partial charge in [-0.2, -0.15) is 0 Å². The van der Waals surface area contributed by atoms with Crippen LogP contribution in [0.5, 0.6) is 5.88 Å². The maximum absolute atomic E-state index is 14.9. The molecule has 7 nitrogen and oxygen atoms in total. The monoisotopic (exact) mass is 531 g/mol.